The van der Waals surface area contributed by atoms with Crippen molar-refractivity contribution in [3.05, 3.63) is 0 Å². The van der Waals surface area contributed by atoms with Crippen LogP contribution in [0.1, 0.15) is 13.3 Å². The Labute approximate surface area is 126 Å². The lowest BCUT2D eigenvalue weighted by atomic mass is 9.99. The topological polar surface area (TPSA) is 51.2 Å². The van der Waals surface area contributed by atoms with Crippen LogP contribution in [0.25, 0.3) is 0 Å². The number of likely N-dealkylation sites (tertiary alicyclic amines) is 1. The van der Waals surface area contributed by atoms with Gasteiger partial charge < -0.3 is 19.1 Å². The smallest absolute Gasteiger partial charge is 0.254 e. The van der Waals surface area contributed by atoms with Crippen molar-refractivity contribution >= 4 is 5.91 Å². The van der Waals surface area contributed by atoms with E-state index in [0.717, 1.165) is 45.8 Å². The van der Waals surface area contributed by atoms with Crippen LogP contribution in [0.5, 0.6) is 0 Å². The summed E-state index contributed by atoms with van der Waals surface area (Å²) in [4.78, 5) is 17.0. The Bertz CT molecular complexity index is 354. The third kappa shape index (κ3) is 3.39. The third-order valence-corrected chi connectivity index (χ3v) is 4.85. The molecule has 3 aliphatic heterocycles. The predicted molar refractivity (Wildman–Crippen MR) is 77.1 cm³/mol. The Hall–Kier alpha value is -0.690. The standard InChI is InChI=1S/C15H26N2O4/c1-2-12-9-17(15(18)14-11-20-7-8-21-14)10-13(12)16-3-5-19-6-4-16/h12-14H,2-11H2,1H3/t12-,13+,14+/m1/s1. The zero-order valence-corrected chi connectivity index (χ0v) is 12.8. The molecule has 0 unspecified atom stereocenters. The van der Waals surface area contributed by atoms with Gasteiger partial charge in [-0.25, -0.2) is 0 Å². The normalized spacial score (nSPS) is 35.1. The summed E-state index contributed by atoms with van der Waals surface area (Å²) in [6, 6.07) is 0.465. The minimum atomic E-state index is -0.403. The van der Waals surface area contributed by atoms with E-state index in [9.17, 15) is 4.79 Å². The molecule has 0 aromatic heterocycles. The first kappa shape index (κ1) is 15.2. The largest absolute Gasteiger partial charge is 0.379 e. The van der Waals surface area contributed by atoms with Crippen LogP contribution >= 0.6 is 0 Å². The van der Waals surface area contributed by atoms with Gasteiger partial charge in [0, 0.05) is 32.2 Å². The summed E-state index contributed by atoms with van der Waals surface area (Å²) in [6.07, 6.45) is 0.702. The van der Waals surface area contributed by atoms with Crippen LogP contribution in [0.4, 0.5) is 0 Å². The Kier molecular flexibility index (Phi) is 5.11. The number of hydrogen-bond acceptors (Lipinski definition) is 5. The number of ether oxygens (including phenoxy) is 3. The van der Waals surface area contributed by atoms with Crippen molar-refractivity contribution in [1.82, 2.24) is 9.80 Å². The molecule has 6 heteroatoms. The van der Waals surface area contributed by atoms with E-state index in [4.69, 9.17) is 14.2 Å². The molecule has 21 heavy (non-hydrogen) atoms. The molecule has 3 fully saturated rings. The fraction of sp³-hybridized carbons (Fsp3) is 0.933. The molecule has 0 spiro atoms. The lowest BCUT2D eigenvalue weighted by Gasteiger charge is -2.34. The van der Waals surface area contributed by atoms with Crippen molar-refractivity contribution in [3.8, 4) is 0 Å². The summed E-state index contributed by atoms with van der Waals surface area (Å²) in [7, 11) is 0. The van der Waals surface area contributed by atoms with E-state index in [1.807, 2.05) is 4.90 Å². The van der Waals surface area contributed by atoms with Crippen molar-refractivity contribution < 1.29 is 19.0 Å². The van der Waals surface area contributed by atoms with Crippen molar-refractivity contribution in [3.63, 3.8) is 0 Å². The number of morpholine rings is 1. The van der Waals surface area contributed by atoms with Gasteiger partial charge in [-0.3, -0.25) is 9.69 Å². The van der Waals surface area contributed by atoms with E-state index in [1.54, 1.807) is 0 Å². The van der Waals surface area contributed by atoms with Gasteiger partial charge in [0.25, 0.3) is 5.91 Å². The highest BCUT2D eigenvalue weighted by atomic mass is 16.6. The van der Waals surface area contributed by atoms with Gasteiger partial charge in [0.2, 0.25) is 0 Å². The molecular weight excluding hydrogens is 272 g/mol. The lowest BCUT2D eigenvalue weighted by molar-refractivity contribution is -0.157. The van der Waals surface area contributed by atoms with Crippen LogP contribution < -0.4 is 0 Å². The summed E-state index contributed by atoms with van der Waals surface area (Å²) in [6.45, 7) is 8.96. The molecule has 120 valence electrons. The number of nitrogens with zero attached hydrogens (tertiary/aromatic N) is 2. The zero-order valence-electron chi connectivity index (χ0n) is 12.8. The molecule has 3 aliphatic rings. The first-order valence-corrected chi connectivity index (χ1v) is 8.09. The molecule has 3 saturated heterocycles. The van der Waals surface area contributed by atoms with Crippen LogP contribution in [0, 0.1) is 5.92 Å². The molecule has 0 aromatic carbocycles. The number of amides is 1. The second-order valence-electron chi connectivity index (χ2n) is 6.06. The summed E-state index contributed by atoms with van der Waals surface area (Å²) in [5.41, 5.74) is 0. The fourth-order valence-electron chi connectivity index (χ4n) is 3.59. The van der Waals surface area contributed by atoms with Gasteiger partial charge in [-0.1, -0.05) is 13.3 Å². The summed E-state index contributed by atoms with van der Waals surface area (Å²) < 4.78 is 16.4. The monoisotopic (exact) mass is 298 g/mol. The van der Waals surface area contributed by atoms with Crippen LogP contribution in [0.2, 0.25) is 0 Å². The van der Waals surface area contributed by atoms with Crippen LogP contribution in [0.15, 0.2) is 0 Å². The van der Waals surface area contributed by atoms with Gasteiger partial charge >= 0.3 is 0 Å². The SMILES string of the molecule is CC[C@@H]1CN(C(=O)[C@@H]2COCCO2)C[C@@H]1N1CCOCC1. The predicted octanol–water partition coefficient (Wildman–Crippen LogP) is -0.0290. The molecular formula is C15H26N2O4. The second kappa shape index (κ2) is 7.05. The second-order valence-corrected chi connectivity index (χ2v) is 6.06. The molecule has 6 nitrogen and oxygen atoms in total. The van der Waals surface area contributed by atoms with Gasteiger partial charge in [-0.05, 0) is 5.92 Å². The molecule has 3 rings (SSSR count). The van der Waals surface area contributed by atoms with E-state index in [-0.39, 0.29) is 5.91 Å². The number of carbonyl (C=O) groups excluding carboxylic acids is 1. The number of hydrogen-bond donors (Lipinski definition) is 0. The van der Waals surface area contributed by atoms with Gasteiger partial charge in [0.15, 0.2) is 6.10 Å². The van der Waals surface area contributed by atoms with Crippen LogP contribution in [-0.4, -0.2) is 87.1 Å². The summed E-state index contributed by atoms with van der Waals surface area (Å²) in [5.74, 6) is 0.653. The number of rotatable bonds is 3. The van der Waals surface area contributed by atoms with Crippen molar-refractivity contribution in [2.24, 2.45) is 5.92 Å². The molecule has 0 radical (unpaired) electrons. The Morgan fingerprint density at radius 3 is 2.57 bits per heavy atom. The molecule has 3 heterocycles. The maximum atomic E-state index is 12.6. The maximum Gasteiger partial charge on any atom is 0.254 e. The first-order valence-electron chi connectivity index (χ1n) is 8.09. The minimum Gasteiger partial charge on any atom is -0.379 e. The van der Waals surface area contributed by atoms with Crippen molar-refractivity contribution in [2.45, 2.75) is 25.5 Å². The third-order valence-electron chi connectivity index (χ3n) is 4.85. The highest BCUT2D eigenvalue weighted by Crippen LogP contribution is 2.26. The van der Waals surface area contributed by atoms with Crippen LogP contribution in [0.3, 0.4) is 0 Å². The molecule has 0 N–H and O–H groups in total. The van der Waals surface area contributed by atoms with E-state index in [1.165, 1.54) is 0 Å². The Morgan fingerprint density at radius 2 is 1.90 bits per heavy atom. The molecule has 0 bridgehead atoms. The zero-order chi connectivity index (χ0) is 14.7. The molecule has 0 aromatic rings. The average molecular weight is 298 g/mol. The van der Waals surface area contributed by atoms with E-state index in [0.29, 0.717) is 31.8 Å². The quantitative estimate of drug-likeness (QED) is 0.732. The highest BCUT2D eigenvalue weighted by Gasteiger charge is 2.40. The van der Waals surface area contributed by atoms with Crippen LogP contribution in [-0.2, 0) is 19.0 Å². The maximum absolute atomic E-state index is 12.6. The van der Waals surface area contributed by atoms with E-state index in [2.05, 4.69) is 11.8 Å². The number of carbonyl (C=O) groups is 1. The van der Waals surface area contributed by atoms with Gasteiger partial charge in [-0.2, -0.15) is 0 Å². The average Bonchev–Trinajstić information content (AvgIpc) is 3.00. The van der Waals surface area contributed by atoms with Crippen molar-refractivity contribution in [1.29, 1.82) is 0 Å². The molecule has 0 saturated carbocycles. The minimum absolute atomic E-state index is 0.101. The lowest BCUT2D eigenvalue weighted by Crippen LogP contribution is -2.48. The summed E-state index contributed by atoms with van der Waals surface area (Å²) in [5, 5.41) is 0. The Balaban J connectivity index is 1.61. The molecule has 3 atom stereocenters. The molecule has 0 aliphatic carbocycles. The fourth-order valence-corrected chi connectivity index (χ4v) is 3.59. The van der Waals surface area contributed by atoms with Gasteiger partial charge in [-0.15, -0.1) is 0 Å². The van der Waals surface area contributed by atoms with Gasteiger partial charge in [0.05, 0.1) is 33.0 Å². The van der Waals surface area contributed by atoms with E-state index < -0.39 is 6.10 Å². The van der Waals surface area contributed by atoms with E-state index >= 15 is 0 Å². The first-order chi connectivity index (χ1) is 10.3. The highest BCUT2D eigenvalue weighted by molar-refractivity contribution is 5.81. The summed E-state index contributed by atoms with van der Waals surface area (Å²) >= 11 is 0. The Morgan fingerprint density at radius 1 is 1.10 bits per heavy atom. The van der Waals surface area contributed by atoms with Gasteiger partial charge in [0.1, 0.15) is 0 Å². The molecule has 1 amide bonds. The van der Waals surface area contributed by atoms with Crippen molar-refractivity contribution in [2.75, 3.05) is 59.2 Å².